The van der Waals surface area contributed by atoms with Crippen LogP contribution in [0.5, 0.6) is 0 Å². The Morgan fingerprint density at radius 3 is 2.69 bits per heavy atom. The minimum absolute atomic E-state index is 0.0502. The van der Waals surface area contributed by atoms with Crippen LogP contribution >= 0.6 is 0 Å². The third kappa shape index (κ3) is 3.72. The minimum Gasteiger partial charge on any atom is -0.393 e. The Bertz CT molecular complexity index is 192. The van der Waals surface area contributed by atoms with Gasteiger partial charge in [0.15, 0.2) is 0 Å². The molecule has 94 valence electrons. The third-order valence-corrected chi connectivity index (χ3v) is 4.11. The van der Waals surface area contributed by atoms with Gasteiger partial charge in [-0.25, -0.2) is 0 Å². The van der Waals surface area contributed by atoms with Crippen LogP contribution < -0.4 is 10.6 Å². The maximum Gasteiger partial charge on any atom is 0.0580 e. The second-order valence-electron chi connectivity index (χ2n) is 5.48. The molecular weight excluding hydrogens is 200 g/mol. The standard InChI is InChI=1S/C13H26N2O/c16-13-6-2-1-5-12(13)10-15-9-11-4-3-7-14-8-11/h11-16H,1-10H2. The Hall–Kier alpha value is -0.120. The third-order valence-electron chi connectivity index (χ3n) is 4.11. The summed E-state index contributed by atoms with van der Waals surface area (Å²) in [6, 6.07) is 0. The van der Waals surface area contributed by atoms with Gasteiger partial charge in [0, 0.05) is 6.54 Å². The van der Waals surface area contributed by atoms with Gasteiger partial charge < -0.3 is 15.7 Å². The fourth-order valence-electron chi connectivity index (χ4n) is 3.00. The van der Waals surface area contributed by atoms with Crippen molar-refractivity contribution >= 4 is 0 Å². The van der Waals surface area contributed by atoms with Crippen molar-refractivity contribution in [2.24, 2.45) is 11.8 Å². The number of aliphatic hydroxyl groups is 1. The summed E-state index contributed by atoms with van der Waals surface area (Å²) in [6.07, 6.45) is 7.35. The molecule has 2 rings (SSSR count). The average molecular weight is 226 g/mol. The summed E-state index contributed by atoms with van der Waals surface area (Å²) < 4.78 is 0. The lowest BCUT2D eigenvalue weighted by molar-refractivity contribution is 0.0690. The van der Waals surface area contributed by atoms with Gasteiger partial charge in [0.25, 0.3) is 0 Å². The van der Waals surface area contributed by atoms with E-state index in [0.29, 0.717) is 5.92 Å². The predicted octanol–water partition coefficient (Wildman–Crippen LogP) is 1.13. The summed E-state index contributed by atoms with van der Waals surface area (Å²) >= 11 is 0. The van der Waals surface area contributed by atoms with Crippen molar-refractivity contribution in [2.75, 3.05) is 26.2 Å². The molecule has 2 fully saturated rings. The first-order valence-electron chi connectivity index (χ1n) is 6.96. The zero-order chi connectivity index (χ0) is 11.2. The largest absolute Gasteiger partial charge is 0.393 e. The highest BCUT2D eigenvalue weighted by Crippen LogP contribution is 2.23. The predicted molar refractivity (Wildman–Crippen MR) is 66.4 cm³/mol. The first kappa shape index (κ1) is 12.3. The van der Waals surface area contributed by atoms with Gasteiger partial charge in [-0.15, -0.1) is 0 Å². The zero-order valence-corrected chi connectivity index (χ0v) is 10.3. The van der Waals surface area contributed by atoms with Crippen LogP contribution in [0.1, 0.15) is 38.5 Å². The molecule has 0 aromatic rings. The van der Waals surface area contributed by atoms with Crippen molar-refractivity contribution in [2.45, 2.75) is 44.6 Å². The Morgan fingerprint density at radius 1 is 1.06 bits per heavy atom. The summed E-state index contributed by atoms with van der Waals surface area (Å²) in [5, 5.41) is 16.9. The van der Waals surface area contributed by atoms with E-state index in [9.17, 15) is 5.11 Å². The number of nitrogens with one attached hydrogen (secondary N) is 2. The van der Waals surface area contributed by atoms with Crippen LogP contribution in [0, 0.1) is 11.8 Å². The maximum absolute atomic E-state index is 9.85. The fraction of sp³-hybridized carbons (Fsp3) is 1.00. The molecule has 3 N–H and O–H groups in total. The Balaban J connectivity index is 1.59. The zero-order valence-electron chi connectivity index (χ0n) is 10.3. The highest BCUT2D eigenvalue weighted by atomic mass is 16.3. The summed E-state index contributed by atoms with van der Waals surface area (Å²) in [5.41, 5.74) is 0. The minimum atomic E-state index is -0.0502. The Morgan fingerprint density at radius 2 is 1.94 bits per heavy atom. The molecule has 0 radical (unpaired) electrons. The smallest absolute Gasteiger partial charge is 0.0580 e. The van der Waals surface area contributed by atoms with Gasteiger partial charge in [-0.3, -0.25) is 0 Å². The molecule has 0 spiro atoms. The van der Waals surface area contributed by atoms with Gasteiger partial charge in [-0.05, 0) is 57.2 Å². The Labute approximate surface area is 99.0 Å². The van der Waals surface area contributed by atoms with E-state index >= 15 is 0 Å². The molecule has 1 heterocycles. The number of piperidine rings is 1. The van der Waals surface area contributed by atoms with Crippen molar-refractivity contribution < 1.29 is 5.11 Å². The van der Waals surface area contributed by atoms with E-state index in [2.05, 4.69) is 10.6 Å². The van der Waals surface area contributed by atoms with Crippen molar-refractivity contribution in [3.63, 3.8) is 0 Å². The molecule has 16 heavy (non-hydrogen) atoms. The lowest BCUT2D eigenvalue weighted by atomic mass is 9.86. The Kier molecular flexibility index (Phi) is 5.07. The van der Waals surface area contributed by atoms with Crippen molar-refractivity contribution in [1.29, 1.82) is 0 Å². The van der Waals surface area contributed by atoms with Crippen molar-refractivity contribution in [3.8, 4) is 0 Å². The normalized spacial score (nSPS) is 36.2. The van der Waals surface area contributed by atoms with Crippen LogP contribution in [0.3, 0.4) is 0 Å². The van der Waals surface area contributed by atoms with Crippen LogP contribution in [0.2, 0.25) is 0 Å². The molecule has 2 aliphatic rings. The van der Waals surface area contributed by atoms with Gasteiger partial charge >= 0.3 is 0 Å². The molecule has 3 atom stereocenters. The van der Waals surface area contributed by atoms with Crippen molar-refractivity contribution in [1.82, 2.24) is 10.6 Å². The number of rotatable bonds is 4. The topological polar surface area (TPSA) is 44.3 Å². The average Bonchev–Trinajstić information content (AvgIpc) is 2.33. The molecule has 0 aromatic carbocycles. The monoisotopic (exact) mass is 226 g/mol. The number of hydrogen-bond acceptors (Lipinski definition) is 3. The summed E-state index contributed by atoms with van der Waals surface area (Å²) in [7, 11) is 0. The van der Waals surface area contributed by atoms with Crippen molar-refractivity contribution in [3.05, 3.63) is 0 Å². The van der Waals surface area contributed by atoms with Gasteiger partial charge in [0.2, 0.25) is 0 Å². The SMILES string of the molecule is OC1CCCCC1CNCC1CCCNC1. The molecule has 1 saturated carbocycles. The summed E-state index contributed by atoms with van der Waals surface area (Å²) in [6.45, 7) is 4.49. The van der Waals surface area contributed by atoms with E-state index in [1.807, 2.05) is 0 Å². The second-order valence-corrected chi connectivity index (χ2v) is 5.48. The molecule has 3 unspecified atom stereocenters. The molecule has 1 aliphatic carbocycles. The highest BCUT2D eigenvalue weighted by molar-refractivity contribution is 4.77. The quantitative estimate of drug-likeness (QED) is 0.673. The highest BCUT2D eigenvalue weighted by Gasteiger charge is 2.22. The van der Waals surface area contributed by atoms with Crippen LogP contribution in [-0.2, 0) is 0 Å². The molecule has 0 aromatic heterocycles. The van der Waals surface area contributed by atoms with E-state index in [1.165, 1.54) is 45.2 Å². The molecule has 0 amide bonds. The van der Waals surface area contributed by atoms with Gasteiger partial charge in [-0.2, -0.15) is 0 Å². The molecule has 3 heteroatoms. The van der Waals surface area contributed by atoms with Gasteiger partial charge in [0.1, 0.15) is 0 Å². The lowest BCUT2D eigenvalue weighted by Crippen LogP contribution is -2.39. The molecule has 1 aliphatic heterocycles. The number of hydrogen-bond donors (Lipinski definition) is 3. The lowest BCUT2D eigenvalue weighted by Gasteiger charge is -2.29. The molecular formula is C13H26N2O. The first-order chi connectivity index (χ1) is 7.86. The van der Waals surface area contributed by atoms with Crippen LogP contribution in [0.25, 0.3) is 0 Å². The summed E-state index contributed by atoms with van der Waals surface area (Å²) in [5.74, 6) is 1.31. The molecule has 0 bridgehead atoms. The van der Waals surface area contributed by atoms with E-state index in [1.54, 1.807) is 0 Å². The first-order valence-corrected chi connectivity index (χ1v) is 6.96. The molecule has 1 saturated heterocycles. The second kappa shape index (κ2) is 6.58. The van der Waals surface area contributed by atoms with Crippen LogP contribution in [0.15, 0.2) is 0 Å². The van der Waals surface area contributed by atoms with Gasteiger partial charge in [-0.1, -0.05) is 12.8 Å². The van der Waals surface area contributed by atoms with E-state index in [-0.39, 0.29) is 6.10 Å². The van der Waals surface area contributed by atoms with Crippen LogP contribution in [-0.4, -0.2) is 37.4 Å². The summed E-state index contributed by atoms with van der Waals surface area (Å²) in [4.78, 5) is 0. The van der Waals surface area contributed by atoms with Crippen LogP contribution in [0.4, 0.5) is 0 Å². The maximum atomic E-state index is 9.85. The van der Waals surface area contributed by atoms with E-state index in [4.69, 9.17) is 0 Å². The molecule has 3 nitrogen and oxygen atoms in total. The fourth-order valence-corrected chi connectivity index (χ4v) is 3.00. The number of aliphatic hydroxyl groups excluding tert-OH is 1. The van der Waals surface area contributed by atoms with Gasteiger partial charge in [0.05, 0.1) is 6.10 Å². The van der Waals surface area contributed by atoms with E-state index < -0.39 is 0 Å². The van der Waals surface area contributed by atoms with E-state index in [0.717, 1.165) is 25.4 Å².